The number of halogens is 3. The molecule has 1 unspecified atom stereocenters. The highest BCUT2D eigenvalue weighted by Crippen LogP contribution is 2.30. The molecule has 0 aromatic carbocycles. The highest BCUT2D eigenvalue weighted by molar-refractivity contribution is 9.10. The summed E-state index contributed by atoms with van der Waals surface area (Å²) in [5.74, 6) is -0.854. The summed E-state index contributed by atoms with van der Waals surface area (Å²) in [4.78, 5) is 3.87. The van der Waals surface area contributed by atoms with Crippen LogP contribution in [0.3, 0.4) is 0 Å². The van der Waals surface area contributed by atoms with Crippen molar-refractivity contribution >= 4 is 21.4 Å². The third-order valence-electron chi connectivity index (χ3n) is 3.01. The average molecular weight is 370 g/mol. The molecule has 0 aliphatic rings. The molecule has 3 aromatic heterocycles. The van der Waals surface area contributed by atoms with E-state index < -0.39 is 24.3 Å². The summed E-state index contributed by atoms with van der Waals surface area (Å²) in [5, 5.41) is 13.3. The van der Waals surface area contributed by atoms with Crippen LogP contribution in [-0.2, 0) is 0 Å². The predicted octanol–water partition coefficient (Wildman–Crippen LogP) is 2.88. The van der Waals surface area contributed by atoms with Gasteiger partial charge >= 0.3 is 0 Å². The maximum Gasteiger partial charge on any atom is 0.172 e. The zero-order valence-corrected chi connectivity index (χ0v) is 12.7. The van der Waals surface area contributed by atoms with E-state index in [1.807, 2.05) is 0 Å². The molecule has 0 aliphatic carbocycles. The zero-order chi connectivity index (χ0) is 15.7. The Hall–Kier alpha value is -2.06. The van der Waals surface area contributed by atoms with Crippen molar-refractivity contribution in [3.63, 3.8) is 0 Å². The van der Waals surface area contributed by atoms with Gasteiger partial charge in [-0.2, -0.15) is 5.10 Å². The van der Waals surface area contributed by atoms with Crippen LogP contribution in [0, 0.1) is 11.6 Å². The molecule has 5 nitrogen and oxygen atoms in total. The molecule has 0 saturated carbocycles. The van der Waals surface area contributed by atoms with E-state index in [0.29, 0.717) is 10.2 Å². The molecule has 3 rings (SSSR count). The van der Waals surface area contributed by atoms with E-state index in [9.17, 15) is 13.9 Å². The second-order valence-corrected chi connectivity index (χ2v) is 5.41. The van der Waals surface area contributed by atoms with Crippen molar-refractivity contribution in [2.45, 2.75) is 6.10 Å². The number of aliphatic hydroxyl groups excluding tert-OH is 1. The summed E-state index contributed by atoms with van der Waals surface area (Å²) < 4.78 is 34.4. The van der Waals surface area contributed by atoms with Gasteiger partial charge in [0.2, 0.25) is 0 Å². The maximum absolute atomic E-state index is 13.8. The first kappa shape index (κ1) is 14.9. The SMILES string of the molecule is OCC(Oc1cc(Br)cn2ncc(F)c12)c1ccc(F)cn1. The van der Waals surface area contributed by atoms with Crippen LogP contribution in [0.5, 0.6) is 5.75 Å². The number of hydrogen-bond donors (Lipinski definition) is 1. The number of fused-ring (bicyclic) bond motifs is 1. The van der Waals surface area contributed by atoms with Gasteiger partial charge in [0.1, 0.15) is 17.1 Å². The molecule has 0 bridgehead atoms. The van der Waals surface area contributed by atoms with Crippen LogP contribution in [0.2, 0.25) is 0 Å². The minimum Gasteiger partial charge on any atom is -0.479 e. The summed E-state index contributed by atoms with van der Waals surface area (Å²) in [6.07, 6.45) is 2.82. The van der Waals surface area contributed by atoms with Crippen LogP contribution >= 0.6 is 15.9 Å². The van der Waals surface area contributed by atoms with E-state index in [0.717, 1.165) is 12.4 Å². The summed E-state index contributed by atoms with van der Waals surface area (Å²) in [7, 11) is 0. The fourth-order valence-electron chi connectivity index (χ4n) is 2.03. The van der Waals surface area contributed by atoms with Crippen molar-refractivity contribution in [3.8, 4) is 5.75 Å². The first-order chi connectivity index (χ1) is 10.6. The number of nitrogens with zero attached hydrogens (tertiary/aromatic N) is 3. The van der Waals surface area contributed by atoms with E-state index in [1.165, 1.54) is 16.6 Å². The first-order valence-corrected chi connectivity index (χ1v) is 7.09. The summed E-state index contributed by atoms with van der Waals surface area (Å²) in [6.45, 7) is -0.396. The molecule has 3 heterocycles. The maximum atomic E-state index is 13.8. The summed E-state index contributed by atoms with van der Waals surface area (Å²) in [5.41, 5.74) is 0.478. The lowest BCUT2D eigenvalue weighted by molar-refractivity contribution is 0.114. The van der Waals surface area contributed by atoms with Crippen LogP contribution < -0.4 is 4.74 Å². The lowest BCUT2D eigenvalue weighted by atomic mass is 10.2. The van der Waals surface area contributed by atoms with Crippen LogP contribution in [0.25, 0.3) is 5.52 Å². The van der Waals surface area contributed by atoms with E-state index in [4.69, 9.17) is 4.74 Å². The summed E-state index contributed by atoms with van der Waals surface area (Å²) in [6, 6.07) is 4.18. The number of ether oxygens (including phenoxy) is 1. The number of hydrogen-bond acceptors (Lipinski definition) is 4. The van der Waals surface area contributed by atoms with E-state index in [1.54, 1.807) is 12.3 Å². The van der Waals surface area contributed by atoms with E-state index in [2.05, 4.69) is 26.0 Å². The molecule has 114 valence electrons. The van der Waals surface area contributed by atoms with Gasteiger partial charge in [0.25, 0.3) is 0 Å². The fraction of sp³-hybridized carbons (Fsp3) is 0.143. The molecule has 8 heteroatoms. The Balaban J connectivity index is 2.00. The van der Waals surface area contributed by atoms with Gasteiger partial charge in [-0.25, -0.2) is 13.3 Å². The fourth-order valence-corrected chi connectivity index (χ4v) is 2.43. The Labute approximate surface area is 132 Å². The number of aliphatic hydroxyl groups is 1. The molecule has 0 saturated heterocycles. The molecular formula is C14H10BrF2N3O2. The smallest absolute Gasteiger partial charge is 0.172 e. The molecule has 22 heavy (non-hydrogen) atoms. The Morgan fingerprint density at radius 1 is 1.32 bits per heavy atom. The van der Waals surface area contributed by atoms with Crippen molar-refractivity contribution in [3.05, 3.63) is 58.6 Å². The molecule has 3 aromatic rings. The topological polar surface area (TPSA) is 59.7 Å². The van der Waals surface area contributed by atoms with E-state index >= 15 is 0 Å². The molecule has 0 aliphatic heterocycles. The molecule has 0 fully saturated rings. The van der Waals surface area contributed by atoms with Gasteiger partial charge in [0, 0.05) is 10.7 Å². The van der Waals surface area contributed by atoms with Gasteiger partial charge in [-0.15, -0.1) is 0 Å². The summed E-state index contributed by atoms with van der Waals surface area (Å²) >= 11 is 3.28. The van der Waals surface area contributed by atoms with Gasteiger partial charge < -0.3 is 9.84 Å². The van der Waals surface area contributed by atoms with Crippen molar-refractivity contribution in [1.82, 2.24) is 14.6 Å². The molecular weight excluding hydrogens is 360 g/mol. The Kier molecular flexibility index (Phi) is 4.04. The quantitative estimate of drug-likeness (QED) is 0.768. The van der Waals surface area contributed by atoms with Crippen LogP contribution in [0.1, 0.15) is 11.8 Å². The van der Waals surface area contributed by atoms with Gasteiger partial charge in [0.05, 0.1) is 24.7 Å². The minimum absolute atomic E-state index is 0.142. The minimum atomic E-state index is -0.854. The molecule has 1 atom stereocenters. The van der Waals surface area contributed by atoms with Crippen molar-refractivity contribution < 1.29 is 18.6 Å². The average Bonchev–Trinajstić information content (AvgIpc) is 2.87. The Morgan fingerprint density at radius 3 is 2.82 bits per heavy atom. The van der Waals surface area contributed by atoms with Crippen LogP contribution in [-0.4, -0.2) is 26.3 Å². The second kappa shape index (κ2) is 5.98. The molecule has 0 amide bonds. The normalized spacial score (nSPS) is 12.5. The Morgan fingerprint density at radius 2 is 2.14 bits per heavy atom. The van der Waals surface area contributed by atoms with Crippen molar-refractivity contribution in [2.75, 3.05) is 6.61 Å². The zero-order valence-electron chi connectivity index (χ0n) is 11.1. The number of pyridine rings is 2. The standard InChI is InChI=1S/C14H10BrF2N3O2/c15-8-3-12(14-10(17)5-19-20(14)6-8)22-13(7-21)11-2-1-9(16)4-18-11/h1-6,13,21H,7H2. The van der Waals surface area contributed by atoms with Crippen LogP contribution in [0.15, 0.2) is 41.3 Å². The van der Waals surface area contributed by atoms with Gasteiger partial charge in [-0.1, -0.05) is 0 Å². The number of rotatable bonds is 4. The number of aromatic nitrogens is 3. The van der Waals surface area contributed by atoms with Crippen LogP contribution in [0.4, 0.5) is 8.78 Å². The third kappa shape index (κ3) is 2.79. The van der Waals surface area contributed by atoms with Gasteiger partial charge in [0.15, 0.2) is 11.9 Å². The highest BCUT2D eigenvalue weighted by atomic mass is 79.9. The highest BCUT2D eigenvalue weighted by Gasteiger charge is 2.18. The monoisotopic (exact) mass is 369 g/mol. The second-order valence-electron chi connectivity index (χ2n) is 4.50. The Bertz CT molecular complexity index is 808. The molecule has 1 N–H and O–H groups in total. The van der Waals surface area contributed by atoms with Crippen molar-refractivity contribution in [2.24, 2.45) is 0 Å². The first-order valence-electron chi connectivity index (χ1n) is 6.30. The van der Waals surface area contributed by atoms with E-state index in [-0.39, 0.29) is 11.3 Å². The molecule has 0 radical (unpaired) electrons. The lowest BCUT2D eigenvalue weighted by Gasteiger charge is -2.17. The van der Waals surface area contributed by atoms with Gasteiger partial charge in [-0.05, 0) is 34.1 Å². The van der Waals surface area contributed by atoms with Crippen molar-refractivity contribution in [1.29, 1.82) is 0 Å². The molecule has 0 spiro atoms. The third-order valence-corrected chi connectivity index (χ3v) is 3.45. The lowest BCUT2D eigenvalue weighted by Crippen LogP contribution is -2.14. The predicted molar refractivity (Wildman–Crippen MR) is 77.5 cm³/mol. The largest absolute Gasteiger partial charge is 0.479 e. The van der Waals surface area contributed by atoms with Gasteiger partial charge in [-0.3, -0.25) is 4.98 Å².